The van der Waals surface area contributed by atoms with Crippen LogP contribution in [0, 0.1) is 0 Å². The SMILES string of the molecule is CCOc1c(Br)cc(/C=C2/NC(=O)N(C)C2=O)cc1Br. The van der Waals surface area contributed by atoms with Gasteiger partial charge in [0.05, 0.1) is 15.6 Å². The van der Waals surface area contributed by atoms with Gasteiger partial charge in [0, 0.05) is 7.05 Å². The van der Waals surface area contributed by atoms with Crippen molar-refractivity contribution in [3.8, 4) is 5.75 Å². The molecule has 0 radical (unpaired) electrons. The monoisotopic (exact) mass is 402 g/mol. The number of nitrogens with one attached hydrogen (secondary N) is 1. The van der Waals surface area contributed by atoms with Crippen LogP contribution < -0.4 is 10.1 Å². The van der Waals surface area contributed by atoms with Gasteiger partial charge in [-0.15, -0.1) is 0 Å². The highest BCUT2D eigenvalue weighted by Crippen LogP contribution is 2.35. The fourth-order valence-electron chi connectivity index (χ4n) is 1.73. The van der Waals surface area contributed by atoms with Gasteiger partial charge in [-0.05, 0) is 62.6 Å². The summed E-state index contributed by atoms with van der Waals surface area (Å²) in [6.07, 6.45) is 1.62. The van der Waals surface area contributed by atoms with Crippen molar-refractivity contribution in [3.05, 3.63) is 32.3 Å². The number of imide groups is 1. The van der Waals surface area contributed by atoms with Crippen LogP contribution in [0.2, 0.25) is 0 Å². The number of nitrogens with zero attached hydrogens (tertiary/aromatic N) is 1. The van der Waals surface area contributed by atoms with E-state index >= 15 is 0 Å². The predicted molar refractivity (Wildman–Crippen MR) is 82.3 cm³/mol. The number of urea groups is 1. The highest BCUT2D eigenvalue weighted by atomic mass is 79.9. The maximum Gasteiger partial charge on any atom is 0.328 e. The fraction of sp³-hybridized carbons (Fsp3) is 0.231. The number of carbonyl (C=O) groups excluding carboxylic acids is 2. The molecule has 7 heteroatoms. The van der Waals surface area contributed by atoms with Crippen LogP contribution in [0.25, 0.3) is 6.08 Å². The van der Waals surface area contributed by atoms with E-state index in [1.54, 1.807) is 6.08 Å². The van der Waals surface area contributed by atoms with Crippen LogP contribution in [0.1, 0.15) is 12.5 Å². The molecular weight excluding hydrogens is 392 g/mol. The van der Waals surface area contributed by atoms with Crippen LogP contribution in [-0.2, 0) is 4.79 Å². The minimum atomic E-state index is -0.426. The molecule has 0 aliphatic carbocycles. The van der Waals surface area contributed by atoms with Gasteiger partial charge in [-0.1, -0.05) is 0 Å². The number of rotatable bonds is 3. The number of carbonyl (C=O) groups is 2. The fourth-order valence-corrected chi connectivity index (χ4v) is 3.19. The zero-order valence-corrected chi connectivity index (χ0v) is 14.0. The van der Waals surface area contributed by atoms with Gasteiger partial charge in [0.2, 0.25) is 0 Å². The minimum Gasteiger partial charge on any atom is -0.492 e. The molecule has 0 atom stereocenters. The molecule has 1 heterocycles. The molecule has 0 spiro atoms. The molecule has 5 nitrogen and oxygen atoms in total. The van der Waals surface area contributed by atoms with E-state index in [-0.39, 0.29) is 11.6 Å². The third kappa shape index (κ3) is 2.88. The summed E-state index contributed by atoms with van der Waals surface area (Å²) in [5.74, 6) is 0.352. The van der Waals surface area contributed by atoms with Crippen LogP contribution in [0.15, 0.2) is 26.8 Å². The van der Waals surface area contributed by atoms with Crippen molar-refractivity contribution in [1.82, 2.24) is 10.2 Å². The smallest absolute Gasteiger partial charge is 0.328 e. The Balaban J connectivity index is 2.36. The summed E-state index contributed by atoms with van der Waals surface area (Å²) in [7, 11) is 1.43. The Morgan fingerprint density at radius 3 is 2.35 bits per heavy atom. The molecular formula is C13H12Br2N2O3. The van der Waals surface area contributed by atoms with Crippen molar-refractivity contribution < 1.29 is 14.3 Å². The van der Waals surface area contributed by atoms with Gasteiger partial charge in [0.25, 0.3) is 5.91 Å². The Morgan fingerprint density at radius 1 is 1.30 bits per heavy atom. The van der Waals surface area contributed by atoms with Gasteiger partial charge in [0.1, 0.15) is 11.4 Å². The first-order chi connectivity index (χ1) is 9.43. The van der Waals surface area contributed by atoms with Gasteiger partial charge < -0.3 is 10.1 Å². The lowest BCUT2D eigenvalue weighted by Gasteiger charge is -2.09. The van der Waals surface area contributed by atoms with Gasteiger partial charge in [-0.2, -0.15) is 0 Å². The van der Waals surface area contributed by atoms with Crippen LogP contribution in [0.5, 0.6) is 5.75 Å². The molecule has 1 N–H and O–H groups in total. The Labute approximate surface area is 133 Å². The molecule has 0 unspecified atom stereocenters. The lowest BCUT2D eigenvalue weighted by Crippen LogP contribution is -2.25. The summed E-state index contributed by atoms with van der Waals surface area (Å²) in [5.41, 5.74) is 1.02. The first-order valence-electron chi connectivity index (χ1n) is 5.86. The second-order valence-electron chi connectivity index (χ2n) is 4.10. The number of benzene rings is 1. The van der Waals surface area contributed by atoms with E-state index in [0.29, 0.717) is 12.4 Å². The summed E-state index contributed by atoms with van der Waals surface area (Å²) in [6.45, 7) is 2.45. The molecule has 3 amide bonds. The van der Waals surface area contributed by atoms with Gasteiger partial charge in [0.15, 0.2) is 0 Å². The number of hydrogen-bond donors (Lipinski definition) is 1. The van der Waals surface area contributed by atoms with Crippen molar-refractivity contribution in [2.75, 3.05) is 13.7 Å². The summed E-state index contributed by atoms with van der Waals surface area (Å²) >= 11 is 6.84. The lowest BCUT2D eigenvalue weighted by atomic mass is 10.2. The topological polar surface area (TPSA) is 58.6 Å². The highest BCUT2D eigenvalue weighted by molar-refractivity contribution is 9.11. The lowest BCUT2D eigenvalue weighted by molar-refractivity contribution is -0.121. The van der Waals surface area contributed by atoms with Gasteiger partial charge in [-0.25, -0.2) is 4.79 Å². The molecule has 1 aromatic rings. The largest absolute Gasteiger partial charge is 0.492 e. The van der Waals surface area contributed by atoms with Gasteiger partial charge in [-0.3, -0.25) is 9.69 Å². The summed E-state index contributed by atoms with van der Waals surface area (Å²) in [6, 6.07) is 3.21. The standard InChI is InChI=1S/C13H12Br2N2O3/c1-3-20-11-8(14)4-7(5-9(11)15)6-10-12(18)17(2)13(19)16-10/h4-6H,3H2,1-2H3,(H,16,19)/b10-6+. The molecule has 2 rings (SSSR count). The normalized spacial score (nSPS) is 16.8. The molecule has 1 aliphatic rings. The molecule has 1 fully saturated rings. The molecule has 0 saturated carbocycles. The van der Waals surface area contributed by atoms with Crippen molar-refractivity contribution in [3.63, 3.8) is 0 Å². The molecule has 20 heavy (non-hydrogen) atoms. The average Bonchev–Trinajstić information content (AvgIpc) is 2.62. The number of halogens is 2. The zero-order chi connectivity index (χ0) is 14.9. The van der Waals surface area contributed by atoms with E-state index in [0.717, 1.165) is 19.4 Å². The van der Waals surface area contributed by atoms with Crippen molar-refractivity contribution in [2.24, 2.45) is 0 Å². The molecule has 106 valence electrons. The van der Waals surface area contributed by atoms with Crippen LogP contribution in [0.3, 0.4) is 0 Å². The van der Waals surface area contributed by atoms with Crippen LogP contribution >= 0.6 is 31.9 Å². The quantitative estimate of drug-likeness (QED) is 0.623. The minimum absolute atomic E-state index is 0.250. The number of likely N-dealkylation sites (N-methyl/N-ethyl adjacent to an activating group) is 1. The van der Waals surface area contributed by atoms with Crippen molar-refractivity contribution >= 4 is 49.9 Å². The van der Waals surface area contributed by atoms with Crippen LogP contribution in [-0.4, -0.2) is 30.5 Å². The zero-order valence-electron chi connectivity index (χ0n) is 10.9. The third-order valence-corrected chi connectivity index (χ3v) is 3.88. The van der Waals surface area contributed by atoms with E-state index in [2.05, 4.69) is 37.2 Å². The average molecular weight is 404 g/mol. The van der Waals surface area contributed by atoms with E-state index in [9.17, 15) is 9.59 Å². The number of hydrogen-bond acceptors (Lipinski definition) is 3. The Bertz CT molecular complexity index is 591. The molecule has 1 saturated heterocycles. The molecule has 0 aromatic heterocycles. The van der Waals surface area contributed by atoms with E-state index in [1.165, 1.54) is 7.05 Å². The van der Waals surface area contributed by atoms with Crippen molar-refractivity contribution in [2.45, 2.75) is 6.92 Å². The number of ether oxygens (including phenoxy) is 1. The molecule has 1 aliphatic heterocycles. The van der Waals surface area contributed by atoms with Crippen molar-refractivity contribution in [1.29, 1.82) is 0 Å². The molecule has 0 bridgehead atoms. The Hall–Kier alpha value is -1.34. The van der Waals surface area contributed by atoms with E-state index in [4.69, 9.17) is 4.74 Å². The summed E-state index contributed by atoms with van der Waals surface area (Å²) < 4.78 is 7.03. The van der Waals surface area contributed by atoms with Gasteiger partial charge >= 0.3 is 6.03 Å². The third-order valence-electron chi connectivity index (χ3n) is 2.70. The highest BCUT2D eigenvalue weighted by Gasteiger charge is 2.30. The summed E-state index contributed by atoms with van der Waals surface area (Å²) in [4.78, 5) is 24.2. The second-order valence-corrected chi connectivity index (χ2v) is 5.81. The maximum absolute atomic E-state index is 11.8. The summed E-state index contributed by atoms with van der Waals surface area (Å²) in [5, 5.41) is 2.52. The van der Waals surface area contributed by atoms with E-state index in [1.807, 2.05) is 19.1 Å². The maximum atomic E-state index is 11.8. The first-order valence-corrected chi connectivity index (χ1v) is 7.45. The Morgan fingerprint density at radius 2 is 1.90 bits per heavy atom. The van der Waals surface area contributed by atoms with Crippen LogP contribution in [0.4, 0.5) is 4.79 Å². The Kier molecular flexibility index (Phi) is 4.49. The number of amides is 3. The second kappa shape index (κ2) is 5.97. The first kappa shape index (κ1) is 15.1. The molecule has 1 aromatic carbocycles. The predicted octanol–water partition coefficient (Wildman–Crippen LogP) is 3.13. The van der Waals surface area contributed by atoms with E-state index < -0.39 is 6.03 Å².